The molecular formula is C13H19NO2. The lowest BCUT2D eigenvalue weighted by atomic mass is 10.2. The van der Waals surface area contributed by atoms with Crippen LogP contribution < -0.4 is 4.90 Å². The van der Waals surface area contributed by atoms with Gasteiger partial charge < -0.3 is 10.0 Å². The minimum atomic E-state index is 0.252. The van der Waals surface area contributed by atoms with Crippen molar-refractivity contribution >= 4 is 12.0 Å². The minimum Gasteiger partial charge on any atom is -0.396 e. The van der Waals surface area contributed by atoms with Crippen molar-refractivity contribution in [2.75, 3.05) is 24.6 Å². The molecule has 88 valence electrons. The molecule has 1 aromatic carbocycles. The van der Waals surface area contributed by atoms with Crippen LogP contribution in [0.5, 0.6) is 0 Å². The van der Waals surface area contributed by atoms with E-state index in [4.69, 9.17) is 5.11 Å². The second-order valence-corrected chi connectivity index (χ2v) is 3.72. The summed E-state index contributed by atoms with van der Waals surface area (Å²) in [6.45, 7) is 4.23. The summed E-state index contributed by atoms with van der Waals surface area (Å²) in [5.74, 6) is 0. The Morgan fingerprint density at radius 1 is 1.25 bits per heavy atom. The molecule has 3 nitrogen and oxygen atoms in total. The molecule has 1 rings (SSSR count). The molecule has 16 heavy (non-hydrogen) atoms. The third-order valence-corrected chi connectivity index (χ3v) is 2.61. The maximum atomic E-state index is 10.5. The monoisotopic (exact) mass is 221 g/mol. The van der Waals surface area contributed by atoms with Crippen LogP contribution in [0, 0.1) is 0 Å². The highest BCUT2D eigenvalue weighted by molar-refractivity contribution is 5.75. The average molecular weight is 221 g/mol. The Hall–Kier alpha value is -1.35. The molecule has 0 saturated carbocycles. The van der Waals surface area contributed by atoms with Crippen molar-refractivity contribution in [3.63, 3.8) is 0 Å². The quantitative estimate of drug-likeness (QED) is 0.566. The van der Waals surface area contributed by atoms with E-state index >= 15 is 0 Å². The molecule has 0 atom stereocenters. The van der Waals surface area contributed by atoms with E-state index in [1.807, 2.05) is 24.3 Å². The molecule has 0 unspecified atom stereocenters. The third kappa shape index (κ3) is 3.66. The van der Waals surface area contributed by atoms with Crippen molar-refractivity contribution < 1.29 is 9.90 Å². The van der Waals surface area contributed by atoms with E-state index in [0.717, 1.165) is 37.9 Å². The molecule has 0 fully saturated rings. The largest absolute Gasteiger partial charge is 0.396 e. The molecule has 0 aliphatic rings. The Labute approximate surface area is 96.7 Å². The number of carbonyl (C=O) groups excluding carboxylic acids is 1. The van der Waals surface area contributed by atoms with Gasteiger partial charge in [0.1, 0.15) is 6.29 Å². The van der Waals surface area contributed by atoms with Gasteiger partial charge in [-0.1, -0.05) is 0 Å². The Bertz CT molecular complexity index is 308. The first-order valence-electron chi connectivity index (χ1n) is 5.73. The zero-order valence-electron chi connectivity index (χ0n) is 9.72. The van der Waals surface area contributed by atoms with Gasteiger partial charge in [-0.3, -0.25) is 4.79 Å². The Morgan fingerprint density at radius 2 is 1.94 bits per heavy atom. The number of rotatable bonds is 7. The number of anilines is 1. The van der Waals surface area contributed by atoms with E-state index < -0.39 is 0 Å². The summed E-state index contributed by atoms with van der Waals surface area (Å²) in [6.07, 6.45) is 2.68. The van der Waals surface area contributed by atoms with E-state index in [-0.39, 0.29) is 6.61 Å². The van der Waals surface area contributed by atoms with Gasteiger partial charge in [0.25, 0.3) is 0 Å². The van der Waals surface area contributed by atoms with E-state index in [1.165, 1.54) is 0 Å². The Kier molecular flexibility index (Phi) is 5.57. The molecule has 1 N–H and O–H groups in total. The fourth-order valence-electron chi connectivity index (χ4n) is 1.65. The summed E-state index contributed by atoms with van der Waals surface area (Å²) in [4.78, 5) is 12.8. The number of aldehydes is 1. The van der Waals surface area contributed by atoms with Gasteiger partial charge in [0.2, 0.25) is 0 Å². The molecule has 0 heterocycles. The van der Waals surface area contributed by atoms with Gasteiger partial charge in [0.05, 0.1) is 0 Å². The predicted octanol–water partition coefficient (Wildman–Crippen LogP) is 2.10. The molecule has 0 aliphatic carbocycles. The molecule has 0 aliphatic heterocycles. The predicted molar refractivity (Wildman–Crippen MR) is 66.0 cm³/mol. The standard InChI is InChI=1S/C13H19NO2/c1-2-14(9-3-4-10-15)13-7-5-12(11-16)6-8-13/h5-8,11,15H,2-4,9-10H2,1H3. The molecule has 3 heteroatoms. The van der Waals surface area contributed by atoms with Gasteiger partial charge in [-0.2, -0.15) is 0 Å². The average Bonchev–Trinajstić information content (AvgIpc) is 2.35. The zero-order valence-corrected chi connectivity index (χ0v) is 9.72. The smallest absolute Gasteiger partial charge is 0.150 e. The lowest BCUT2D eigenvalue weighted by Gasteiger charge is -2.23. The summed E-state index contributed by atoms with van der Waals surface area (Å²) in [7, 11) is 0. The van der Waals surface area contributed by atoms with Crippen LogP contribution in [-0.2, 0) is 0 Å². The van der Waals surface area contributed by atoms with Crippen LogP contribution in [0.1, 0.15) is 30.1 Å². The molecule has 0 amide bonds. The summed E-state index contributed by atoms with van der Waals surface area (Å²) in [5, 5.41) is 8.73. The van der Waals surface area contributed by atoms with Crippen LogP contribution in [0.15, 0.2) is 24.3 Å². The highest BCUT2D eigenvalue weighted by Crippen LogP contribution is 2.15. The fraction of sp³-hybridized carbons (Fsp3) is 0.462. The van der Waals surface area contributed by atoms with Crippen LogP contribution in [0.4, 0.5) is 5.69 Å². The number of aliphatic hydroxyl groups is 1. The van der Waals surface area contributed by atoms with Gasteiger partial charge in [-0.15, -0.1) is 0 Å². The number of aliphatic hydroxyl groups excluding tert-OH is 1. The van der Waals surface area contributed by atoms with Crippen molar-refractivity contribution in [2.45, 2.75) is 19.8 Å². The van der Waals surface area contributed by atoms with Crippen molar-refractivity contribution in [1.82, 2.24) is 0 Å². The SMILES string of the molecule is CCN(CCCCO)c1ccc(C=O)cc1. The van der Waals surface area contributed by atoms with E-state index in [9.17, 15) is 4.79 Å². The number of benzene rings is 1. The van der Waals surface area contributed by atoms with Crippen molar-refractivity contribution in [2.24, 2.45) is 0 Å². The fourth-order valence-corrected chi connectivity index (χ4v) is 1.65. The molecule has 0 bridgehead atoms. The highest BCUT2D eigenvalue weighted by Gasteiger charge is 2.03. The number of hydrogen-bond donors (Lipinski definition) is 1. The van der Waals surface area contributed by atoms with E-state index in [1.54, 1.807) is 0 Å². The first kappa shape index (κ1) is 12.7. The normalized spacial score (nSPS) is 10.1. The molecule has 0 spiro atoms. The number of carbonyl (C=O) groups is 1. The van der Waals surface area contributed by atoms with Crippen LogP contribution in [0.25, 0.3) is 0 Å². The second kappa shape index (κ2) is 7.01. The van der Waals surface area contributed by atoms with Crippen LogP contribution in [0.3, 0.4) is 0 Å². The number of unbranched alkanes of at least 4 members (excludes halogenated alkanes) is 1. The summed E-state index contributed by atoms with van der Waals surface area (Å²) < 4.78 is 0. The summed E-state index contributed by atoms with van der Waals surface area (Å²) >= 11 is 0. The Morgan fingerprint density at radius 3 is 2.44 bits per heavy atom. The highest BCUT2D eigenvalue weighted by atomic mass is 16.2. The molecule has 0 radical (unpaired) electrons. The van der Waals surface area contributed by atoms with Crippen LogP contribution in [-0.4, -0.2) is 31.1 Å². The first-order valence-corrected chi connectivity index (χ1v) is 5.73. The molecule has 0 aromatic heterocycles. The van der Waals surface area contributed by atoms with Crippen molar-refractivity contribution in [3.05, 3.63) is 29.8 Å². The minimum absolute atomic E-state index is 0.252. The van der Waals surface area contributed by atoms with Crippen LogP contribution in [0.2, 0.25) is 0 Å². The number of hydrogen-bond acceptors (Lipinski definition) is 3. The molecule has 0 saturated heterocycles. The maximum absolute atomic E-state index is 10.5. The van der Waals surface area contributed by atoms with Crippen molar-refractivity contribution in [1.29, 1.82) is 0 Å². The topological polar surface area (TPSA) is 40.5 Å². The van der Waals surface area contributed by atoms with Gasteiger partial charge in [-0.25, -0.2) is 0 Å². The Balaban J connectivity index is 2.59. The summed E-state index contributed by atoms with van der Waals surface area (Å²) in [6, 6.07) is 7.59. The van der Waals surface area contributed by atoms with Crippen LogP contribution >= 0.6 is 0 Å². The lowest BCUT2D eigenvalue weighted by molar-refractivity contribution is 0.112. The zero-order chi connectivity index (χ0) is 11.8. The summed E-state index contributed by atoms with van der Waals surface area (Å²) in [5.41, 5.74) is 1.83. The van der Waals surface area contributed by atoms with Gasteiger partial charge in [-0.05, 0) is 44.0 Å². The second-order valence-electron chi connectivity index (χ2n) is 3.72. The van der Waals surface area contributed by atoms with E-state index in [2.05, 4.69) is 11.8 Å². The maximum Gasteiger partial charge on any atom is 0.150 e. The third-order valence-electron chi connectivity index (χ3n) is 2.61. The number of nitrogens with zero attached hydrogens (tertiary/aromatic N) is 1. The molecule has 1 aromatic rings. The molecular weight excluding hydrogens is 202 g/mol. The van der Waals surface area contributed by atoms with E-state index in [0.29, 0.717) is 5.56 Å². The first-order chi connectivity index (χ1) is 7.81. The van der Waals surface area contributed by atoms with Gasteiger partial charge in [0.15, 0.2) is 0 Å². The van der Waals surface area contributed by atoms with Gasteiger partial charge in [0, 0.05) is 30.9 Å². The van der Waals surface area contributed by atoms with Crippen molar-refractivity contribution in [3.8, 4) is 0 Å². The lowest BCUT2D eigenvalue weighted by Crippen LogP contribution is -2.24. The van der Waals surface area contributed by atoms with Gasteiger partial charge >= 0.3 is 0 Å².